The lowest BCUT2D eigenvalue weighted by atomic mass is 9.95. The maximum absolute atomic E-state index is 6.75. The highest BCUT2D eigenvalue weighted by Gasteiger charge is 2.29. The first-order valence-corrected chi connectivity index (χ1v) is 18.8. The molecule has 0 amide bonds. The number of aliphatic imine (C=N–C) groups is 1. The van der Waals surface area contributed by atoms with Gasteiger partial charge in [-0.05, 0) is 78.8 Å². The van der Waals surface area contributed by atoms with Gasteiger partial charge in [-0.2, -0.15) is 0 Å². The van der Waals surface area contributed by atoms with E-state index in [1.54, 1.807) is 0 Å². The Morgan fingerprint density at radius 1 is 0.455 bits per heavy atom. The molecule has 1 aliphatic rings. The normalized spacial score (nSPS) is 15.8. The van der Waals surface area contributed by atoms with Gasteiger partial charge in [0.05, 0.1) is 0 Å². The monoisotopic (exact) mass is 705 g/mol. The van der Waals surface area contributed by atoms with Gasteiger partial charge in [-0.25, -0.2) is 4.99 Å². The number of hydrogen-bond donors (Lipinski definition) is 2. The first-order valence-electron chi connectivity index (χ1n) is 18.8. The largest absolute Gasteiger partial charge is 0.455 e. The average Bonchev–Trinajstić information content (AvgIpc) is 3.65. The van der Waals surface area contributed by atoms with E-state index < -0.39 is 0 Å². The van der Waals surface area contributed by atoms with E-state index in [0.29, 0.717) is 0 Å². The number of nitrogens with one attached hydrogen (secondary N) is 2. The van der Waals surface area contributed by atoms with Crippen molar-refractivity contribution in [3.05, 3.63) is 205 Å². The second-order valence-electron chi connectivity index (χ2n) is 14.4. The number of hydrogen-bond acceptors (Lipinski definition) is 4. The van der Waals surface area contributed by atoms with E-state index in [4.69, 9.17) is 9.41 Å². The molecule has 0 spiro atoms. The number of nitrogens with zero attached hydrogens (tertiary/aromatic N) is 1. The van der Waals surface area contributed by atoms with Crippen LogP contribution in [0.25, 0.3) is 76.5 Å². The van der Waals surface area contributed by atoms with Crippen molar-refractivity contribution in [2.75, 3.05) is 0 Å². The van der Waals surface area contributed by atoms with E-state index in [0.717, 1.165) is 55.6 Å². The molecule has 4 nitrogen and oxygen atoms in total. The first kappa shape index (κ1) is 31.5. The summed E-state index contributed by atoms with van der Waals surface area (Å²) in [4.78, 5) is 5.34. The van der Waals surface area contributed by atoms with Crippen molar-refractivity contribution < 1.29 is 4.42 Å². The summed E-state index contributed by atoms with van der Waals surface area (Å²) in [6.07, 6.45) is -0.565. The molecule has 1 aromatic heterocycles. The standard InChI is InChI=1S/C51H35N3O/c1-4-12-37-29-40(24-19-32(37)9-1)35-17-22-36(23-18-35)49-52-50(42-26-21-34-11-3-6-14-39(34)31-42)54-51(53-49)45-28-27-43(41-25-20-33-10-2-5-13-38(33)30-41)48-47(45)44-15-7-8-16-46(44)55-48/h1-31,49,51,53H,(H,52,54). The Kier molecular flexibility index (Phi) is 7.35. The third kappa shape index (κ3) is 5.54. The molecule has 2 unspecified atom stereocenters. The lowest BCUT2D eigenvalue weighted by Gasteiger charge is -2.32. The molecule has 11 rings (SSSR count). The molecular weight excluding hydrogens is 671 g/mol. The summed E-state index contributed by atoms with van der Waals surface area (Å²) in [6.45, 7) is 0. The Morgan fingerprint density at radius 3 is 1.69 bits per heavy atom. The molecule has 0 saturated carbocycles. The van der Waals surface area contributed by atoms with E-state index in [1.807, 2.05) is 6.07 Å². The highest BCUT2D eigenvalue weighted by molar-refractivity contribution is 6.12. The minimum Gasteiger partial charge on any atom is -0.455 e. The SMILES string of the molecule is c1ccc2cc(C3=NC(c4ccc(-c5ccc6ccccc6c5)cc4)NC(c4ccc(-c5ccc6ccccc6c5)c5oc6ccccc6c45)N3)ccc2c1. The summed E-state index contributed by atoms with van der Waals surface area (Å²) in [5.74, 6) is 0.845. The topological polar surface area (TPSA) is 49.6 Å². The summed E-state index contributed by atoms with van der Waals surface area (Å²) >= 11 is 0. The molecule has 0 bridgehead atoms. The van der Waals surface area contributed by atoms with Crippen LogP contribution in [0.5, 0.6) is 0 Å². The molecular formula is C51H35N3O. The van der Waals surface area contributed by atoms with Crippen molar-refractivity contribution in [3.8, 4) is 22.3 Å². The van der Waals surface area contributed by atoms with Crippen LogP contribution in [0.1, 0.15) is 29.0 Å². The number of benzene rings is 9. The first-order chi connectivity index (χ1) is 27.2. The van der Waals surface area contributed by atoms with Gasteiger partial charge in [-0.1, -0.05) is 164 Å². The average molecular weight is 706 g/mol. The van der Waals surface area contributed by atoms with Crippen LogP contribution < -0.4 is 10.6 Å². The molecule has 1 aliphatic heterocycles. The third-order valence-electron chi connectivity index (χ3n) is 11.1. The van der Waals surface area contributed by atoms with Crippen molar-refractivity contribution in [1.82, 2.24) is 10.6 Å². The quantitative estimate of drug-likeness (QED) is 0.187. The Hall–Kier alpha value is -7.01. The molecule has 2 heterocycles. The molecule has 2 N–H and O–H groups in total. The van der Waals surface area contributed by atoms with E-state index in [1.165, 1.54) is 43.4 Å². The molecule has 2 atom stereocenters. The summed E-state index contributed by atoms with van der Waals surface area (Å²) in [6, 6.07) is 67.0. The number of amidine groups is 1. The molecule has 0 aliphatic carbocycles. The minimum atomic E-state index is -0.299. The highest BCUT2D eigenvalue weighted by atomic mass is 16.3. The van der Waals surface area contributed by atoms with Crippen LogP contribution >= 0.6 is 0 Å². The zero-order chi connectivity index (χ0) is 36.3. The Labute approximate surface area is 318 Å². The van der Waals surface area contributed by atoms with Crippen LogP contribution in [0.2, 0.25) is 0 Å². The van der Waals surface area contributed by atoms with Gasteiger partial charge in [0.2, 0.25) is 0 Å². The van der Waals surface area contributed by atoms with Gasteiger partial charge >= 0.3 is 0 Å². The Balaban J connectivity index is 1.04. The van der Waals surface area contributed by atoms with E-state index in [9.17, 15) is 0 Å². The molecule has 55 heavy (non-hydrogen) atoms. The van der Waals surface area contributed by atoms with Crippen molar-refractivity contribution >= 4 is 60.1 Å². The molecule has 0 saturated heterocycles. The van der Waals surface area contributed by atoms with Gasteiger partial charge in [0, 0.05) is 27.5 Å². The fourth-order valence-electron chi connectivity index (χ4n) is 8.28. The summed E-state index contributed by atoms with van der Waals surface area (Å²) < 4.78 is 6.75. The molecule has 4 heteroatoms. The molecule has 0 radical (unpaired) electrons. The fourth-order valence-corrected chi connectivity index (χ4v) is 8.28. The zero-order valence-corrected chi connectivity index (χ0v) is 29.9. The van der Waals surface area contributed by atoms with Crippen LogP contribution in [-0.4, -0.2) is 5.84 Å². The lowest BCUT2D eigenvalue weighted by Crippen LogP contribution is -2.45. The predicted octanol–water partition coefficient (Wildman–Crippen LogP) is 12.7. The lowest BCUT2D eigenvalue weighted by molar-refractivity contribution is 0.411. The minimum absolute atomic E-state index is 0.265. The van der Waals surface area contributed by atoms with Gasteiger partial charge in [-0.3, -0.25) is 5.32 Å². The van der Waals surface area contributed by atoms with Crippen molar-refractivity contribution in [2.24, 2.45) is 4.99 Å². The van der Waals surface area contributed by atoms with Gasteiger partial charge in [0.15, 0.2) is 0 Å². The summed E-state index contributed by atoms with van der Waals surface area (Å²) in [7, 11) is 0. The predicted molar refractivity (Wildman–Crippen MR) is 228 cm³/mol. The van der Waals surface area contributed by atoms with Gasteiger partial charge in [0.25, 0.3) is 0 Å². The molecule has 10 aromatic rings. The van der Waals surface area contributed by atoms with E-state index in [-0.39, 0.29) is 12.3 Å². The Morgan fingerprint density at radius 2 is 1.00 bits per heavy atom. The third-order valence-corrected chi connectivity index (χ3v) is 11.1. The summed E-state index contributed by atoms with van der Waals surface area (Å²) in [5.41, 5.74) is 9.56. The fraction of sp³-hybridized carbons (Fsp3) is 0.0392. The van der Waals surface area contributed by atoms with E-state index >= 15 is 0 Å². The molecule has 9 aromatic carbocycles. The second-order valence-corrected chi connectivity index (χ2v) is 14.4. The maximum Gasteiger partial charge on any atom is 0.143 e. The number of furan rings is 1. The van der Waals surface area contributed by atoms with Gasteiger partial charge < -0.3 is 9.73 Å². The molecule has 260 valence electrons. The van der Waals surface area contributed by atoms with E-state index in [2.05, 4.69) is 193 Å². The second kappa shape index (κ2) is 12.8. The van der Waals surface area contributed by atoms with Gasteiger partial charge in [0.1, 0.15) is 29.3 Å². The van der Waals surface area contributed by atoms with Gasteiger partial charge in [-0.15, -0.1) is 0 Å². The number of para-hydroxylation sites is 1. The van der Waals surface area contributed by atoms with Crippen LogP contribution in [0.3, 0.4) is 0 Å². The summed E-state index contributed by atoms with van der Waals surface area (Å²) in [5, 5.41) is 17.2. The number of fused-ring (bicyclic) bond motifs is 6. The smallest absolute Gasteiger partial charge is 0.143 e. The van der Waals surface area contributed by atoms with Crippen molar-refractivity contribution in [3.63, 3.8) is 0 Å². The van der Waals surface area contributed by atoms with Crippen LogP contribution in [-0.2, 0) is 0 Å². The van der Waals surface area contributed by atoms with Crippen LogP contribution in [0.4, 0.5) is 0 Å². The van der Waals surface area contributed by atoms with Crippen LogP contribution in [0.15, 0.2) is 197 Å². The number of rotatable bonds is 5. The van der Waals surface area contributed by atoms with Crippen LogP contribution in [0, 0.1) is 0 Å². The zero-order valence-electron chi connectivity index (χ0n) is 29.9. The molecule has 0 fully saturated rings. The maximum atomic E-state index is 6.75. The van der Waals surface area contributed by atoms with Crippen molar-refractivity contribution in [1.29, 1.82) is 0 Å². The Bertz CT molecular complexity index is 3120. The highest BCUT2D eigenvalue weighted by Crippen LogP contribution is 2.41. The van der Waals surface area contributed by atoms with Crippen molar-refractivity contribution in [2.45, 2.75) is 12.3 Å².